The van der Waals surface area contributed by atoms with Crippen molar-refractivity contribution >= 4 is 17.2 Å². The molecule has 0 aliphatic rings. The molecule has 80 valence electrons. The molecule has 0 atom stereocenters. The Kier molecular flexibility index (Phi) is 3.08. The summed E-state index contributed by atoms with van der Waals surface area (Å²) in [6.07, 6.45) is 0.897. The molecular weight excluding hydrogens is 208 g/mol. The molecule has 0 aliphatic heterocycles. The molecule has 0 amide bonds. The molecule has 15 heavy (non-hydrogen) atoms. The molecule has 0 aliphatic carbocycles. The third kappa shape index (κ3) is 2.34. The van der Waals surface area contributed by atoms with E-state index < -0.39 is 21.2 Å². The molecule has 1 N–H and O–H groups in total. The summed E-state index contributed by atoms with van der Waals surface area (Å²) in [6.45, 7) is 0. The second-order valence-corrected chi connectivity index (χ2v) is 2.38. The Balaban J connectivity index is 3.20. The van der Waals surface area contributed by atoms with E-state index in [2.05, 4.69) is 15.3 Å². The smallest absolute Gasteiger partial charge is 0.278 e. The number of hydrogen-bond donors (Lipinski definition) is 1. The van der Waals surface area contributed by atoms with Crippen LogP contribution in [-0.2, 0) is 4.84 Å². The van der Waals surface area contributed by atoms with E-state index >= 15 is 0 Å². The van der Waals surface area contributed by atoms with Gasteiger partial charge in [0.15, 0.2) is 0 Å². The molecular formula is C6H6N4O5. The van der Waals surface area contributed by atoms with E-state index in [1.165, 1.54) is 7.11 Å². The summed E-state index contributed by atoms with van der Waals surface area (Å²) in [5.74, 6) is -0.187. The zero-order valence-electron chi connectivity index (χ0n) is 7.54. The summed E-state index contributed by atoms with van der Waals surface area (Å²) in [7, 11) is 1.24. The maximum atomic E-state index is 10.5. The molecule has 9 nitrogen and oxygen atoms in total. The molecule has 0 unspecified atom stereocenters. The minimum atomic E-state index is -0.790. The van der Waals surface area contributed by atoms with E-state index in [9.17, 15) is 20.2 Å². The van der Waals surface area contributed by atoms with Crippen LogP contribution in [0.1, 0.15) is 0 Å². The monoisotopic (exact) mass is 214 g/mol. The van der Waals surface area contributed by atoms with E-state index in [-0.39, 0.29) is 5.82 Å². The minimum absolute atomic E-state index is 0.187. The standard InChI is InChI=1S/C6H6N4O5/c1-15-8-6-5(10(13)14)2-4(3-7-6)9(11)12/h2-3H,1H3,(H,7,8). The highest BCUT2D eigenvalue weighted by Gasteiger charge is 2.20. The first-order valence-electron chi connectivity index (χ1n) is 3.64. The number of nitrogens with zero attached hydrogens (tertiary/aromatic N) is 3. The summed E-state index contributed by atoms with van der Waals surface area (Å²) in [4.78, 5) is 27.2. The first-order valence-corrected chi connectivity index (χ1v) is 3.64. The molecule has 0 fully saturated rings. The first kappa shape index (κ1) is 10.8. The van der Waals surface area contributed by atoms with Crippen molar-refractivity contribution in [3.8, 4) is 0 Å². The number of anilines is 1. The van der Waals surface area contributed by atoms with Crippen LogP contribution in [0, 0.1) is 20.2 Å². The summed E-state index contributed by atoms with van der Waals surface area (Å²) in [5, 5.41) is 20.9. The van der Waals surface area contributed by atoms with Gasteiger partial charge in [-0.05, 0) is 0 Å². The number of hydrogen-bond acceptors (Lipinski definition) is 7. The zero-order chi connectivity index (χ0) is 11.4. The van der Waals surface area contributed by atoms with E-state index in [0.717, 1.165) is 12.3 Å². The highest BCUT2D eigenvalue weighted by molar-refractivity contribution is 5.58. The van der Waals surface area contributed by atoms with Crippen molar-refractivity contribution in [2.24, 2.45) is 0 Å². The van der Waals surface area contributed by atoms with Crippen LogP contribution in [0.3, 0.4) is 0 Å². The van der Waals surface area contributed by atoms with E-state index in [1.807, 2.05) is 0 Å². The van der Waals surface area contributed by atoms with Gasteiger partial charge in [-0.15, -0.1) is 0 Å². The topological polar surface area (TPSA) is 120 Å². The Morgan fingerprint density at radius 2 is 2.07 bits per heavy atom. The maximum Gasteiger partial charge on any atom is 0.320 e. The van der Waals surface area contributed by atoms with Crippen LogP contribution < -0.4 is 5.48 Å². The van der Waals surface area contributed by atoms with E-state index in [4.69, 9.17) is 0 Å². The lowest BCUT2D eigenvalue weighted by atomic mass is 10.3. The van der Waals surface area contributed by atoms with Gasteiger partial charge >= 0.3 is 5.69 Å². The third-order valence-corrected chi connectivity index (χ3v) is 1.46. The number of aromatic nitrogens is 1. The Morgan fingerprint density at radius 3 is 2.53 bits per heavy atom. The molecule has 1 heterocycles. The highest BCUT2D eigenvalue weighted by Crippen LogP contribution is 2.25. The van der Waals surface area contributed by atoms with E-state index in [1.54, 1.807) is 0 Å². The van der Waals surface area contributed by atoms with E-state index in [0.29, 0.717) is 0 Å². The molecule has 0 saturated carbocycles. The minimum Gasteiger partial charge on any atom is -0.278 e. The van der Waals surface area contributed by atoms with Gasteiger partial charge in [0, 0.05) is 0 Å². The van der Waals surface area contributed by atoms with Crippen LogP contribution in [0.4, 0.5) is 17.2 Å². The second kappa shape index (κ2) is 4.28. The molecule has 1 aromatic heterocycles. The summed E-state index contributed by atoms with van der Waals surface area (Å²) >= 11 is 0. The lowest BCUT2D eigenvalue weighted by Gasteiger charge is -2.01. The molecule has 0 bridgehead atoms. The summed E-state index contributed by atoms with van der Waals surface area (Å²) in [6, 6.07) is 0.800. The average Bonchev–Trinajstić information content (AvgIpc) is 2.18. The Morgan fingerprint density at radius 1 is 1.40 bits per heavy atom. The van der Waals surface area contributed by atoms with Gasteiger partial charge in [0.05, 0.1) is 23.0 Å². The fourth-order valence-corrected chi connectivity index (χ4v) is 0.857. The van der Waals surface area contributed by atoms with Gasteiger partial charge < -0.3 is 0 Å². The number of nitro groups is 2. The van der Waals surface area contributed by atoms with Gasteiger partial charge in [-0.1, -0.05) is 0 Å². The Labute approximate surface area is 82.9 Å². The normalized spacial score (nSPS) is 9.67. The van der Waals surface area contributed by atoms with Crippen molar-refractivity contribution < 1.29 is 14.7 Å². The van der Waals surface area contributed by atoms with Crippen LogP contribution >= 0.6 is 0 Å². The molecule has 1 aromatic rings. The van der Waals surface area contributed by atoms with Gasteiger partial charge in [0.2, 0.25) is 5.82 Å². The van der Waals surface area contributed by atoms with Crippen LogP contribution in [0.25, 0.3) is 0 Å². The van der Waals surface area contributed by atoms with Gasteiger partial charge in [-0.25, -0.2) is 10.5 Å². The Hall–Kier alpha value is -2.29. The van der Waals surface area contributed by atoms with Crippen molar-refractivity contribution in [1.29, 1.82) is 0 Å². The second-order valence-electron chi connectivity index (χ2n) is 2.38. The largest absolute Gasteiger partial charge is 0.320 e. The highest BCUT2D eigenvalue weighted by atomic mass is 16.6. The van der Waals surface area contributed by atoms with Crippen LogP contribution in [0.2, 0.25) is 0 Å². The fraction of sp³-hybridized carbons (Fsp3) is 0.167. The first-order chi connectivity index (χ1) is 7.06. The molecule has 0 saturated heterocycles. The van der Waals surface area contributed by atoms with Crippen molar-refractivity contribution in [3.05, 3.63) is 32.5 Å². The van der Waals surface area contributed by atoms with Gasteiger partial charge in [-0.2, -0.15) is 0 Å². The van der Waals surface area contributed by atoms with Crippen molar-refractivity contribution in [2.45, 2.75) is 0 Å². The molecule has 0 radical (unpaired) electrons. The quantitative estimate of drug-likeness (QED) is 0.582. The van der Waals surface area contributed by atoms with Crippen molar-refractivity contribution in [2.75, 3.05) is 12.6 Å². The third-order valence-electron chi connectivity index (χ3n) is 1.46. The van der Waals surface area contributed by atoms with Crippen LogP contribution in [0.15, 0.2) is 12.3 Å². The average molecular weight is 214 g/mol. The van der Waals surface area contributed by atoms with Gasteiger partial charge in [0.25, 0.3) is 5.69 Å². The molecule has 0 aromatic carbocycles. The Bertz CT molecular complexity index is 407. The number of nitrogens with one attached hydrogen (secondary N) is 1. The van der Waals surface area contributed by atoms with Gasteiger partial charge in [0.1, 0.15) is 6.20 Å². The number of rotatable bonds is 4. The zero-order valence-corrected chi connectivity index (χ0v) is 7.54. The van der Waals surface area contributed by atoms with Gasteiger partial charge in [-0.3, -0.25) is 25.1 Å². The lowest BCUT2D eigenvalue weighted by molar-refractivity contribution is -0.394. The van der Waals surface area contributed by atoms with Crippen LogP contribution in [0.5, 0.6) is 0 Å². The maximum absolute atomic E-state index is 10.5. The molecule has 1 rings (SSSR count). The fourth-order valence-electron chi connectivity index (χ4n) is 0.857. The molecule has 9 heteroatoms. The number of pyridine rings is 1. The SMILES string of the molecule is CONc1ncc([N+](=O)[O-])cc1[N+](=O)[O-]. The summed E-state index contributed by atoms with van der Waals surface area (Å²) in [5.41, 5.74) is 1.17. The molecule has 0 spiro atoms. The van der Waals surface area contributed by atoms with Crippen molar-refractivity contribution in [3.63, 3.8) is 0 Å². The predicted molar refractivity (Wildman–Crippen MR) is 48.2 cm³/mol. The van der Waals surface area contributed by atoms with Crippen LogP contribution in [-0.4, -0.2) is 21.9 Å². The predicted octanol–water partition coefficient (Wildman–Crippen LogP) is 0.871. The summed E-state index contributed by atoms with van der Waals surface area (Å²) < 4.78 is 0. The van der Waals surface area contributed by atoms with Crippen molar-refractivity contribution in [1.82, 2.24) is 4.98 Å². The lowest BCUT2D eigenvalue weighted by Crippen LogP contribution is -2.03.